The molecular weight excluding hydrogens is 575 g/mol. The summed E-state index contributed by atoms with van der Waals surface area (Å²) in [5.74, 6) is -3.25. The molecule has 0 atom stereocenters. The van der Waals surface area contributed by atoms with Gasteiger partial charge in [-0.2, -0.15) is 0 Å². The largest absolute Gasteiger partial charge is 0.335 e. The molecule has 0 saturated heterocycles. The van der Waals surface area contributed by atoms with E-state index in [-0.39, 0.29) is 36.4 Å². The Labute approximate surface area is 250 Å². The first-order chi connectivity index (χ1) is 21.1. The van der Waals surface area contributed by atoms with Crippen molar-refractivity contribution in [3.05, 3.63) is 71.3 Å². The van der Waals surface area contributed by atoms with Crippen molar-refractivity contribution in [3.8, 4) is 17.2 Å². The van der Waals surface area contributed by atoms with Crippen LogP contribution in [0.25, 0.3) is 17.2 Å². The maximum atomic E-state index is 15.6. The van der Waals surface area contributed by atoms with E-state index in [1.807, 2.05) is 18.4 Å². The summed E-state index contributed by atoms with van der Waals surface area (Å²) in [7, 11) is 0. The molecule has 3 aliphatic rings. The number of benzene rings is 1. The number of carbonyl (C=O) groups is 2. The van der Waals surface area contributed by atoms with E-state index in [9.17, 15) is 18.4 Å². The van der Waals surface area contributed by atoms with Gasteiger partial charge in [0.25, 0.3) is 11.8 Å². The third-order valence-electron chi connectivity index (χ3n) is 8.29. The lowest BCUT2D eigenvalue weighted by atomic mass is 9.88. The van der Waals surface area contributed by atoms with Gasteiger partial charge in [0.15, 0.2) is 5.82 Å². The van der Waals surface area contributed by atoms with E-state index in [4.69, 9.17) is 0 Å². The van der Waals surface area contributed by atoms with E-state index in [0.717, 1.165) is 24.2 Å². The van der Waals surface area contributed by atoms with Crippen molar-refractivity contribution in [1.29, 1.82) is 0 Å². The van der Waals surface area contributed by atoms with Gasteiger partial charge in [-0.1, -0.05) is 6.07 Å². The van der Waals surface area contributed by atoms with Gasteiger partial charge in [-0.25, -0.2) is 27.9 Å². The zero-order chi connectivity index (χ0) is 30.7. The predicted octanol–water partition coefficient (Wildman–Crippen LogP) is 5.20. The summed E-state index contributed by atoms with van der Waals surface area (Å²) in [5, 5.41) is 13.5. The number of halogens is 3. The fraction of sp³-hybridized carbons (Fsp3) is 0.400. The molecule has 2 saturated carbocycles. The number of anilines is 1. The molecule has 2 N–H and O–H groups in total. The maximum absolute atomic E-state index is 15.6. The highest BCUT2D eigenvalue weighted by atomic mass is 19.3. The normalized spacial score (nSPS) is 17.5. The van der Waals surface area contributed by atoms with Crippen molar-refractivity contribution in [2.45, 2.75) is 76.5 Å². The van der Waals surface area contributed by atoms with E-state index in [1.54, 1.807) is 35.4 Å². The van der Waals surface area contributed by atoms with Crippen molar-refractivity contribution in [3.63, 3.8) is 0 Å². The lowest BCUT2D eigenvalue weighted by Crippen LogP contribution is -2.53. The Morgan fingerprint density at radius 2 is 1.89 bits per heavy atom. The van der Waals surface area contributed by atoms with Gasteiger partial charge in [-0.3, -0.25) is 4.79 Å². The minimum atomic E-state index is -2.77. The minimum Gasteiger partial charge on any atom is -0.335 e. The highest BCUT2D eigenvalue weighted by Gasteiger charge is 2.46. The van der Waals surface area contributed by atoms with Crippen LogP contribution in [0.1, 0.15) is 78.8 Å². The van der Waals surface area contributed by atoms with Crippen LogP contribution in [0.4, 0.5) is 23.8 Å². The minimum absolute atomic E-state index is 0.0228. The number of fused-ring (bicyclic) bond motifs is 3. The number of imidazole rings is 1. The third-order valence-corrected chi connectivity index (χ3v) is 8.29. The number of hydrogen-bond acceptors (Lipinski definition) is 6. The van der Waals surface area contributed by atoms with E-state index in [1.165, 1.54) is 17.0 Å². The fourth-order valence-corrected chi connectivity index (χ4v) is 5.81. The molecule has 1 aliphatic heterocycles. The number of nitrogens with one attached hydrogen (secondary N) is 2. The SMILES string of the molecule is CC(C)n1cnnc1-c1cccc(NC(=O)c2cc3c(cc2F)CN(C(=O)NC2CC(F)(F)C2)Cc2c(C4CC4)ncn2-3)n1. The lowest BCUT2D eigenvalue weighted by Gasteiger charge is -2.36. The van der Waals surface area contributed by atoms with Crippen LogP contribution >= 0.6 is 0 Å². The van der Waals surface area contributed by atoms with Gasteiger partial charge in [-0.05, 0) is 56.5 Å². The van der Waals surface area contributed by atoms with Crippen LogP contribution in [0.3, 0.4) is 0 Å². The van der Waals surface area contributed by atoms with Crippen LogP contribution in [0.5, 0.6) is 0 Å². The molecule has 7 rings (SSSR count). The molecule has 3 amide bonds. The second-order valence-corrected chi connectivity index (χ2v) is 12.0. The van der Waals surface area contributed by atoms with Crippen LogP contribution in [0, 0.1) is 5.82 Å². The van der Waals surface area contributed by atoms with Crippen molar-refractivity contribution < 1.29 is 22.8 Å². The molecule has 11 nitrogen and oxygen atoms in total. The molecule has 44 heavy (non-hydrogen) atoms. The topological polar surface area (TPSA) is 123 Å². The van der Waals surface area contributed by atoms with Gasteiger partial charge in [0.2, 0.25) is 0 Å². The number of carbonyl (C=O) groups excluding carboxylic acids is 2. The quantitative estimate of drug-likeness (QED) is 0.312. The monoisotopic (exact) mass is 605 g/mol. The van der Waals surface area contributed by atoms with Crippen LogP contribution in [-0.4, -0.2) is 58.1 Å². The van der Waals surface area contributed by atoms with E-state index in [0.29, 0.717) is 22.8 Å². The number of pyridine rings is 1. The zero-order valence-electron chi connectivity index (χ0n) is 24.1. The summed E-state index contributed by atoms with van der Waals surface area (Å²) in [6.45, 7) is 4.16. The van der Waals surface area contributed by atoms with Gasteiger partial charge >= 0.3 is 6.03 Å². The van der Waals surface area contributed by atoms with Crippen LogP contribution < -0.4 is 10.6 Å². The molecule has 0 unspecified atom stereocenters. The first kappa shape index (κ1) is 28.0. The van der Waals surface area contributed by atoms with Crippen molar-refractivity contribution >= 4 is 17.8 Å². The van der Waals surface area contributed by atoms with Gasteiger partial charge in [-0.15, -0.1) is 10.2 Å². The molecule has 3 aromatic heterocycles. The van der Waals surface area contributed by atoms with Crippen LogP contribution in [0.15, 0.2) is 43.0 Å². The van der Waals surface area contributed by atoms with Crippen molar-refractivity contribution in [1.82, 2.24) is 39.5 Å². The summed E-state index contributed by atoms with van der Waals surface area (Å²) in [4.78, 5) is 37.2. The zero-order valence-corrected chi connectivity index (χ0v) is 24.1. The van der Waals surface area contributed by atoms with Crippen LogP contribution in [-0.2, 0) is 13.1 Å². The van der Waals surface area contributed by atoms with Gasteiger partial charge in [0.1, 0.15) is 23.7 Å². The highest BCUT2D eigenvalue weighted by molar-refractivity contribution is 6.04. The molecule has 2 fully saturated rings. The van der Waals surface area contributed by atoms with E-state index >= 15 is 4.39 Å². The van der Waals surface area contributed by atoms with Crippen molar-refractivity contribution in [2.24, 2.45) is 0 Å². The lowest BCUT2D eigenvalue weighted by molar-refractivity contribution is -0.0903. The van der Waals surface area contributed by atoms with Gasteiger partial charge < -0.3 is 24.7 Å². The summed E-state index contributed by atoms with van der Waals surface area (Å²) in [6.07, 6.45) is 4.36. The Kier molecular flexibility index (Phi) is 6.66. The number of aromatic nitrogens is 6. The van der Waals surface area contributed by atoms with E-state index in [2.05, 4.69) is 30.8 Å². The number of alkyl halides is 2. The van der Waals surface area contributed by atoms with Crippen LogP contribution in [0.2, 0.25) is 0 Å². The molecule has 1 aromatic carbocycles. The number of amides is 3. The third kappa shape index (κ3) is 5.18. The Morgan fingerprint density at radius 1 is 1.09 bits per heavy atom. The molecular formula is C30H30F3N9O2. The number of hydrogen-bond donors (Lipinski definition) is 2. The predicted molar refractivity (Wildman–Crippen MR) is 153 cm³/mol. The second-order valence-electron chi connectivity index (χ2n) is 12.0. The highest BCUT2D eigenvalue weighted by Crippen LogP contribution is 2.43. The Bertz CT molecular complexity index is 1770. The number of rotatable bonds is 6. The molecule has 4 aromatic rings. The Balaban J connectivity index is 1.18. The smallest absolute Gasteiger partial charge is 0.318 e. The van der Waals surface area contributed by atoms with Gasteiger partial charge in [0, 0.05) is 37.4 Å². The first-order valence-electron chi connectivity index (χ1n) is 14.6. The van der Waals surface area contributed by atoms with Crippen molar-refractivity contribution in [2.75, 3.05) is 5.32 Å². The average molecular weight is 606 g/mol. The summed E-state index contributed by atoms with van der Waals surface area (Å²) >= 11 is 0. The standard InChI is InChI=1S/C30H30F3N9O2/c1-16(2)41-15-35-39-27(41)22-4-3-5-25(37-22)38-28(43)20-9-23-18(8-21(20)31)12-40(29(44)36-19-10-30(32,33)11-19)13-24-26(17-6-7-17)34-14-42(23)24/h3-5,8-9,14-17,19H,6-7,10-13H2,1-2H3,(H,36,44)(H,37,38,43). The summed E-state index contributed by atoms with van der Waals surface area (Å²) in [5.41, 5.74) is 2.86. The second kappa shape index (κ2) is 10.5. The molecule has 0 radical (unpaired) electrons. The first-order valence-corrected chi connectivity index (χ1v) is 14.6. The molecule has 14 heteroatoms. The number of urea groups is 1. The molecule has 4 heterocycles. The van der Waals surface area contributed by atoms with Gasteiger partial charge in [0.05, 0.1) is 35.5 Å². The molecule has 228 valence electrons. The molecule has 0 spiro atoms. The average Bonchev–Trinajstić information content (AvgIpc) is 3.56. The Morgan fingerprint density at radius 3 is 2.61 bits per heavy atom. The number of nitrogens with zero attached hydrogens (tertiary/aromatic N) is 7. The Hall–Kier alpha value is -4.75. The summed E-state index contributed by atoms with van der Waals surface area (Å²) in [6, 6.07) is 6.72. The molecule has 0 bridgehead atoms. The van der Waals surface area contributed by atoms with E-state index < -0.39 is 42.6 Å². The summed E-state index contributed by atoms with van der Waals surface area (Å²) < 4.78 is 46.0. The fourth-order valence-electron chi connectivity index (χ4n) is 5.81. The maximum Gasteiger partial charge on any atom is 0.318 e. The molecule has 2 aliphatic carbocycles.